The maximum atomic E-state index is 11.4. The van der Waals surface area contributed by atoms with Gasteiger partial charge in [-0.25, -0.2) is 0 Å². The molecule has 0 unspecified atom stereocenters. The second-order valence-electron chi connectivity index (χ2n) is 6.13. The number of ether oxygens (including phenoxy) is 2. The first-order valence-electron chi connectivity index (χ1n) is 8.69. The van der Waals surface area contributed by atoms with Crippen molar-refractivity contribution in [2.24, 2.45) is 0 Å². The molecule has 3 N–H and O–H groups in total. The fourth-order valence-electron chi connectivity index (χ4n) is 2.83. The van der Waals surface area contributed by atoms with E-state index >= 15 is 0 Å². The van der Waals surface area contributed by atoms with Crippen LogP contribution in [0.4, 0.5) is 11.5 Å². The van der Waals surface area contributed by atoms with Gasteiger partial charge in [-0.15, -0.1) is 0 Å². The van der Waals surface area contributed by atoms with Gasteiger partial charge in [-0.1, -0.05) is 41.4 Å². The van der Waals surface area contributed by atoms with Crippen molar-refractivity contribution >= 4 is 40.6 Å². The number of halogens is 2. The van der Waals surface area contributed by atoms with Crippen LogP contribution in [-0.4, -0.2) is 30.3 Å². The lowest BCUT2D eigenvalue weighted by atomic mass is 10.1. The predicted octanol–water partition coefficient (Wildman–Crippen LogP) is 4.97. The van der Waals surface area contributed by atoms with Gasteiger partial charge in [0.2, 0.25) is 5.91 Å². The van der Waals surface area contributed by atoms with E-state index in [9.17, 15) is 4.79 Å². The Morgan fingerprint density at radius 3 is 2.38 bits per heavy atom. The first-order valence-corrected chi connectivity index (χ1v) is 9.45. The SMILES string of the molecule is COc1cc(OC)c(Cl)c(CNc2cc(-c3ccccc3NC(C)=O)n[nH]2)c1Cl. The summed E-state index contributed by atoms with van der Waals surface area (Å²) < 4.78 is 10.6. The number of amides is 1. The van der Waals surface area contributed by atoms with Crippen LogP contribution in [-0.2, 0) is 11.3 Å². The zero-order valence-corrected chi connectivity index (χ0v) is 17.6. The molecule has 0 aliphatic carbocycles. The first-order chi connectivity index (χ1) is 13.9. The standard InChI is InChI=1S/C20H20Cl2N4O3/c1-11(27)24-14-7-5-4-6-12(14)15-8-18(26-25-15)23-10-13-19(21)16(28-2)9-17(29-3)20(13)22/h4-9H,10H2,1-3H3,(H,24,27)(H2,23,25,26). The molecule has 7 nitrogen and oxygen atoms in total. The molecule has 0 atom stereocenters. The van der Waals surface area contributed by atoms with Crippen molar-refractivity contribution in [1.29, 1.82) is 0 Å². The number of para-hydroxylation sites is 1. The molecule has 0 spiro atoms. The summed E-state index contributed by atoms with van der Waals surface area (Å²) >= 11 is 12.8. The number of methoxy groups -OCH3 is 2. The van der Waals surface area contributed by atoms with Crippen molar-refractivity contribution in [3.8, 4) is 22.8 Å². The number of carbonyl (C=O) groups excluding carboxylic acids is 1. The number of nitrogens with zero attached hydrogens (tertiary/aromatic N) is 1. The van der Waals surface area contributed by atoms with Gasteiger partial charge in [0.15, 0.2) is 0 Å². The Bertz CT molecular complexity index is 1010. The molecule has 0 fully saturated rings. The van der Waals surface area contributed by atoms with E-state index in [4.69, 9.17) is 32.7 Å². The summed E-state index contributed by atoms with van der Waals surface area (Å²) in [5.41, 5.74) is 2.80. The third-order valence-electron chi connectivity index (χ3n) is 4.21. The number of benzene rings is 2. The summed E-state index contributed by atoms with van der Waals surface area (Å²) in [7, 11) is 3.05. The van der Waals surface area contributed by atoms with Gasteiger partial charge in [-0.3, -0.25) is 9.89 Å². The average molecular weight is 435 g/mol. The minimum Gasteiger partial charge on any atom is -0.495 e. The topological polar surface area (TPSA) is 88.3 Å². The number of hydrogen-bond donors (Lipinski definition) is 3. The maximum absolute atomic E-state index is 11.4. The molecular weight excluding hydrogens is 415 g/mol. The van der Waals surface area contributed by atoms with E-state index in [1.54, 1.807) is 6.07 Å². The monoisotopic (exact) mass is 434 g/mol. The molecule has 1 heterocycles. The first kappa shape index (κ1) is 20.8. The third-order valence-corrected chi connectivity index (χ3v) is 5.04. The van der Waals surface area contributed by atoms with Crippen LogP contribution < -0.4 is 20.1 Å². The highest BCUT2D eigenvalue weighted by Gasteiger charge is 2.17. The summed E-state index contributed by atoms with van der Waals surface area (Å²) in [5, 5.41) is 14.1. The van der Waals surface area contributed by atoms with Crippen LogP contribution in [0.2, 0.25) is 10.0 Å². The summed E-state index contributed by atoms with van der Waals surface area (Å²) in [6, 6.07) is 10.9. The Balaban J connectivity index is 1.83. The Kier molecular flexibility index (Phi) is 6.51. The van der Waals surface area contributed by atoms with E-state index in [1.165, 1.54) is 21.1 Å². The molecule has 1 amide bonds. The molecule has 0 bridgehead atoms. The van der Waals surface area contributed by atoms with Crippen LogP contribution in [0.25, 0.3) is 11.3 Å². The average Bonchev–Trinajstić information content (AvgIpc) is 3.17. The normalized spacial score (nSPS) is 10.5. The van der Waals surface area contributed by atoms with Gasteiger partial charge in [0.05, 0.1) is 35.6 Å². The van der Waals surface area contributed by atoms with E-state index in [1.807, 2.05) is 30.3 Å². The number of carbonyl (C=O) groups is 1. The summed E-state index contributed by atoms with van der Waals surface area (Å²) in [6.07, 6.45) is 0. The molecule has 0 radical (unpaired) electrons. The molecule has 152 valence electrons. The molecule has 3 rings (SSSR count). The zero-order chi connectivity index (χ0) is 21.0. The van der Waals surface area contributed by atoms with Crippen LogP contribution >= 0.6 is 23.2 Å². The number of rotatable bonds is 7. The van der Waals surface area contributed by atoms with Crippen LogP contribution in [0.1, 0.15) is 12.5 Å². The number of aromatic nitrogens is 2. The largest absolute Gasteiger partial charge is 0.495 e. The second kappa shape index (κ2) is 9.07. The van der Waals surface area contributed by atoms with Crippen molar-refractivity contribution < 1.29 is 14.3 Å². The molecule has 0 aliphatic heterocycles. The van der Waals surface area contributed by atoms with Crippen LogP contribution in [0.5, 0.6) is 11.5 Å². The van der Waals surface area contributed by atoms with Crippen molar-refractivity contribution in [3.63, 3.8) is 0 Å². The molecule has 0 saturated heterocycles. The number of hydrogen-bond acceptors (Lipinski definition) is 5. The minimum absolute atomic E-state index is 0.150. The smallest absolute Gasteiger partial charge is 0.221 e. The van der Waals surface area contributed by atoms with E-state index in [0.29, 0.717) is 50.9 Å². The lowest BCUT2D eigenvalue weighted by Gasteiger charge is -2.15. The maximum Gasteiger partial charge on any atom is 0.221 e. The highest BCUT2D eigenvalue weighted by Crippen LogP contribution is 2.40. The Labute approximate surface area is 178 Å². The number of anilines is 2. The molecule has 9 heteroatoms. The highest BCUT2D eigenvalue weighted by molar-refractivity contribution is 6.37. The van der Waals surface area contributed by atoms with Crippen LogP contribution in [0, 0.1) is 0 Å². The molecule has 0 saturated carbocycles. The van der Waals surface area contributed by atoms with E-state index in [2.05, 4.69) is 20.8 Å². The zero-order valence-electron chi connectivity index (χ0n) is 16.1. The molecule has 29 heavy (non-hydrogen) atoms. The molecule has 0 aliphatic rings. The third kappa shape index (κ3) is 4.58. The molecule has 1 aromatic heterocycles. The Hall–Kier alpha value is -2.90. The van der Waals surface area contributed by atoms with Gasteiger partial charge in [-0.05, 0) is 6.07 Å². The lowest BCUT2D eigenvalue weighted by molar-refractivity contribution is -0.114. The van der Waals surface area contributed by atoms with Gasteiger partial charge < -0.3 is 20.1 Å². The highest BCUT2D eigenvalue weighted by atomic mass is 35.5. The van der Waals surface area contributed by atoms with Gasteiger partial charge in [0.25, 0.3) is 0 Å². The summed E-state index contributed by atoms with van der Waals surface area (Å²) in [4.78, 5) is 11.4. The van der Waals surface area contributed by atoms with Gasteiger partial charge in [-0.2, -0.15) is 5.10 Å². The van der Waals surface area contributed by atoms with Crippen molar-refractivity contribution in [3.05, 3.63) is 52.0 Å². The van der Waals surface area contributed by atoms with Crippen LogP contribution in [0.3, 0.4) is 0 Å². The van der Waals surface area contributed by atoms with Gasteiger partial charge >= 0.3 is 0 Å². The predicted molar refractivity (Wildman–Crippen MR) is 115 cm³/mol. The van der Waals surface area contributed by atoms with E-state index in [-0.39, 0.29) is 5.91 Å². The second-order valence-corrected chi connectivity index (χ2v) is 6.89. The van der Waals surface area contributed by atoms with Gasteiger partial charge in [0, 0.05) is 36.7 Å². The van der Waals surface area contributed by atoms with Crippen molar-refractivity contribution in [2.45, 2.75) is 13.5 Å². The summed E-state index contributed by atoms with van der Waals surface area (Å²) in [5.74, 6) is 1.45. The number of nitrogens with one attached hydrogen (secondary N) is 3. The van der Waals surface area contributed by atoms with E-state index in [0.717, 1.165) is 5.56 Å². The van der Waals surface area contributed by atoms with E-state index < -0.39 is 0 Å². The molecule has 3 aromatic rings. The number of H-pyrrole nitrogens is 1. The van der Waals surface area contributed by atoms with Gasteiger partial charge in [0.1, 0.15) is 17.3 Å². The fourth-order valence-corrected chi connectivity index (χ4v) is 3.47. The Morgan fingerprint density at radius 1 is 1.10 bits per heavy atom. The van der Waals surface area contributed by atoms with Crippen LogP contribution in [0.15, 0.2) is 36.4 Å². The fraction of sp³-hybridized carbons (Fsp3) is 0.200. The Morgan fingerprint density at radius 2 is 1.76 bits per heavy atom. The van der Waals surface area contributed by atoms with Crippen molar-refractivity contribution in [2.75, 3.05) is 24.9 Å². The molecule has 2 aromatic carbocycles. The summed E-state index contributed by atoms with van der Waals surface area (Å²) in [6.45, 7) is 1.78. The minimum atomic E-state index is -0.150. The quantitative estimate of drug-likeness (QED) is 0.488. The lowest BCUT2D eigenvalue weighted by Crippen LogP contribution is -2.06. The van der Waals surface area contributed by atoms with Crippen molar-refractivity contribution in [1.82, 2.24) is 10.2 Å². The number of aromatic amines is 1. The molecular formula is C20H20Cl2N4O3.